The molecule has 0 aliphatic rings. The van der Waals surface area contributed by atoms with Gasteiger partial charge in [-0.05, 0) is 53.9 Å². The number of rotatable bonds is 8. The van der Waals surface area contributed by atoms with Gasteiger partial charge in [0.1, 0.15) is 12.1 Å². The Hall–Kier alpha value is -4.29. The molecule has 5 aromatic rings. The molecule has 0 spiro atoms. The van der Waals surface area contributed by atoms with Gasteiger partial charge in [-0.15, -0.1) is 0 Å². The number of halogens is 1. The molecule has 1 aromatic heterocycles. The fraction of sp³-hybridized carbons (Fsp3) is 0.0938. The van der Waals surface area contributed by atoms with E-state index >= 15 is 0 Å². The Bertz CT molecular complexity index is 1710. The lowest BCUT2D eigenvalue weighted by molar-refractivity contribution is -0.108. The van der Waals surface area contributed by atoms with E-state index in [4.69, 9.17) is 0 Å². The first-order valence-electron chi connectivity index (χ1n) is 12.3. The van der Waals surface area contributed by atoms with Crippen molar-refractivity contribution in [2.45, 2.75) is 29.7 Å². The van der Waals surface area contributed by atoms with Crippen molar-refractivity contribution in [3.63, 3.8) is 0 Å². The van der Waals surface area contributed by atoms with Crippen molar-refractivity contribution in [3.8, 4) is 22.4 Å². The minimum atomic E-state index is -3.76. The van der Waals surface area contributed by atoms with Gasteiger partial charge in [-0.3, -0.25) is 0 Å². The summed E-state index contributed by atoms with van der Waals surface area (Å²) >= 11 is 0. The average Bonchev–Trinajstić information content (AvgIpc) is 3.21. The molecule has 5 rings (SSSR count). The number of carbonyl (C=O) groups is 1. The van der Waals surface area contributed by atoms with Crippen LogP contribution >= 0.6 is 0 Å². The topological polar surface area (TPSA) is 56.1 Å². The third kappa shape index (κ3) is 4.71. The van der Waals surface area contributed by atoms with Crippen LogP contribution in [-0.2, 0) is 27.6 Å². The molecule has 0 radical (unpaired) electrons. The standard InChI is InChI=1S/C32H26FNO3S/c1-23-29(22-25-13-8-9-18-30(25)38(36,37)28-16-6-3-7-17-28)31(24-11-4-2-5-12-24)32(34(23)19-20-35)26-14-10-15-27(33)21-26/h2-18,20-21H,19,22H2,1H3. The number of hydrogen-bond acceptors (Lipinski definition) is 3. The molecule has 38 heavy (non-hydrogen) atoms. The van der Waals surface area contributed by atoms with Crippen LogP contribution in [-0.4, -0.2) is 19.3 Å². The Labute approximate surface area is 221 Å². The highest BCUT2D eigenvalue weighted by molar-refractivity contribution is 7.91. The lowest BCUT2D eigenvalue weighted by Crippen LogP contribution is -2.07. The molecular formula is C32H26FNO3S. The van der Waals surface area contributed by atoms with Gasteiger partial charge in [0.25, 0.3) is 0 Å². The predicted molar refractivity (Wildman–Crippen MR) is 147 cm³/mol. The number of carbonyl (C=O) groups excluding carboxylic acids is 1. The number of aromatic nitrogens is 1. The second-order valence-corrected chi connectivity index (χ2v) is 11.0. The second-order valence-electron chi connectivity index (χ2n) is 9.04. The fourth-order valence-corrected chi connectivity index (χ4v) is 6.50. The Balaban J connectivity index is 1.76. The summed E-state index contributed by atoms with van der Waals surface area (Å²) in [4.78, 5) is 12.2. The third-order valence-corrected chi connectivity index (χ3v) is 8.62. The normalized spacial score (nSPS) is 11.4. The van der Waals surface area contributed by atoms with Crippen molar-refractivity contribution in [2.24, 2.45) is 0 Å². The summed E-state index contributed by atoms with van der Waals surface area (Å²) in [6.45, 7) is 2.00. The molecule has 0 aliphatic heterocycles. The Morgan fingerprint density at radius 3 is 2.11 bits per heavy atom. The predicted octanol–water partition coefficient (Wildman–Crippen LogP) is 6.89. The highest BCUT2D eigenvalue weighted by Gasteiger charge is 2.26. The second kappa shape index (κ2) is 10.6. The van der Waals surface area contributed by atoms with Gasteiger partial charge in [-0.25, -0.2) is 12.8 Å². The summed E-state index contributed by atoms with van der Waals surface area (Å²) in [7, 11) is -3.76. The van der Waals surface area contributed by atoms with E-state index in [0.717, 1.165) is 34.4 Å². The molecule has 0 aliphatic carbocycles. The molecule has 190 valence electrons. The largest absolute Gasteiger partial charge is 0.337 e. The Morgan fingerprint density at radius 2 is 1.42 bits per heavy atom. The molecule has 0 saturated heterocycles. The van der Waals surface area contributed by atoms with Gasteiger partial charge in [0, 0.05) is 23.2 Å². The molecule has 4 nitrogen and oxygen atoms in total. The minimum Gasteiger partial charge on any atom is -0.337 e. The summed E-state index contributed by atoms with van der Waals surface area (Å²) in [5.41, 5.74) is 5.46. The lowest BCUT2D eigenvalue weighted by Gasteiger charge is -2.13. The zero-order valence-electron chi connectivity index (χ0n) is 20.8. The molecule has 0 unspecified atom stereocenters. The van der Waals surface area contributed by atoms with E-state index in [1.165, 1.54) is 12.1 Å². The van der Waals surface area contributed by atoms with Crippen molar-refractivity contribution >= 4 is 16.1 Å². The number of nitrogens with zero attached hydrogens (tertiary/aromatic N) is 1. The molecule has 0 atom stereocenters. The van der Waals surface area contributed by atoms with E-state index in [-0.39, 0.29) is 22.2 Å². The molecule has 4 aromatic carbocycles. The van der Waals surface area contributed by atoms with Gasteiger partial charge >= 0.3 is 0 Å². The first-order valence-corrected chi connectivity index (χ1v) is 13.7. The van der Waals surface area contributed by atoms with E-state index in [0.29, 0.717) is 17.5 Å². The van der Waals surface area contributed by atoms with Crippen LogP contribution in [0.4, 0.5) is 4.39 Å². The maximum Gasteiger partial charge on any atom is 0.206 e. The first kappa shape index (κ1) is 25.4. The molecule has 6 heteroatoms. The fourth-order valence-electron chi connectivity index (χ4n) is 4.99. The molecule has 1 heterocycles. The summed E-state index contributed by atoms with van der Waals surface area (Å²) in [5.74, 6) is -0.376. The quantitative estimate of drug-likeness (QED) is 0.208. The zero-order chi connectivity index (χ0) is 26.7. The molecular weight excluding hydrogens is 497 g/mol. The van der Waals surface area contributed by atoms with Gasteiger partial charge in [-0.2, -0.15) is 0 Å². The maximum atomic E-state index is 14.4. The third-order valence-electron chi connectivity index (χ3n) is 6.75. The van der Waals surface area contributed by atoms with E-state index < -0.39 is 9.84 Å². The van der Waals surface area contributed by atoms with E-state index in [1.54, 1.807) is 48.5 Å². The number of benzene rings is 4. The minimum absolute atomic E-state index is 0.0848. The summed E-state index contributed by atoms with van der Waals surface area (Å²) in [6.07, 6.45) is 1.13. The van der Waals surface area contributed by atoms with Crippen LogP contribution in [0.15, 0.2) is 119 Å². The van der Waals surface area contributed by atoms with E-state index in [9.17, 15) is 17.6 Å². The molecule has 0 N–H and O–H groups in total. The molecule has 0 saturated carbocycles. The van der Waals surface area contributed by atoms with Gasteiger partial charge in [-0.1, -0.05) is 78.9 Å². The van der Waals surface area contributed by atoms with Crippen molar-refractivity contribution in [3.05, 3.63) is 132 Å². The van der Waals surface area contributed by atoms with E-state index in [1.807, 2.05) is 60.0 Å². The Kier molecular flexibility index (Phi) is 7.07. The molecule has 0 fully saturated rings. The lowest BCUT2D eigenvalue weighted by atomic mass is 9.93. The summed E-state index contributed by atoms with van der Waals surface area (Å²) < 4.78 is 43.5. The van der Waals surface area contributed by atoms with Gasteiger partial charge in [0.15, 0.2) is 0 Å². The molecule has 0 amide bonds. The van der Waals surface area contributed by atoms with Crippen LogP contribution in [0.2, 0.25) is 0 Å². The highest BCUT2D eigenvalue weighted by atomic mass is 32.2. The monoisotopic (exact) mass is 523 g/mol. The summed E-state index contributed by atoms with van der Waals surface area (Å²) in [6, 6.07) is 31.4. The zero-order valence-corrected chi connectivity index (χ0v) is 21.7. The van der Waals surface area contributed by atoms with Gasteiger partial charge < -0.3 is 9.36 Å². The van der Waals surface area contributed by atoms with Crippen molar-refractivity contribution in [1.82, 2.24) is 4.57 Å². The first-order chi connectivity index (χ1) is 18.4. The SMILES string of the molecule is Cc1c(Cc2ccccc2S(=O)(=O)c2ccccc2)c(-c2ccccc2)c(-c2cccc(F)c2)n1CC=O. The van der Waals surface area contributed by atoms with Crippen LogP contribution in [0.1, 0.15) is 16.8 Å². The van der Waals surface area contributed by atoms with Crippen LogP contribution in [0, 0.1) is 12.7 Å². The van der Waals surface area contributed by atoms with Gasteiger partial charge in [0.2, 0.25) is 9.84 Å². The number of aldehydes is 1. The van der Waals surface area contributed by atoms with Crippen LogP contribution in [0.5, 0.6) is 0 Å². The Morgan fingerprint density at radius 1 is 0.789 bits per heavy atom. The highest BCUT2D eigenvalue weighted by Crippen LogP contribution is 2.41. The average molecular weight is 524 g/mol. The number of sulfone groups is 1. The van der Waals surface area contributed by atoms with E-state index in [2.05, 4.69) is 0 Å². The van der Waals surface area contributed by atoms with Crippen LogP contribution in [0.25, 0.3) is 22.4 Å². The van der Waals surface area contributed by atoms with Crippen molar-refractivity contribution in [1.29, 1.82) is 0 Å². The van der Waals surface area contributed by atoms with Crippen LogP contribution in [0.3, 0.4) is 0 Å². The smallest absolute Gasteiger partial charge is 0.206 e. The maximum absolute atomic E-state index is 14.4. The van der Waals surface area contributed by atoms with Crippen LogP contribution < -0.4 is 0 Å². The van der Waals surface area contributed by atoms with Crippen molar-refractivity contribution in [2.75, 3.05) is 0 Å². The summed E-state index contributed by atoms with van der Waals surface area (Å²) in [5, 5.41) is 0. The number of hydrogen-bond donors (Lipinski definition) is 0. The van der Waals surface area contributed by atoms with Crippen molar-refractivity contribution < 1.29 is 17.6 Å². The van der Waals surface area contributed by atoms with Gasteiger partial charge in [0.05, 0.1) is 22.0 Å². The molecule has 0 bridgehead atoms.